The van der Waals surface area contributed by atoms with Crippen LogP contribution in [0.1, 0.15) is 45.6 Å². The van der Waals surface area contributed by atoms with E-state index in [2.05, 4.69) is 50.1 Å². The first-order chi connectivity index (χ1) is 14.6. The molecule has 1 aliphatic heterocycles. The number of aliphatic imine (C=N–C) groups is 1. The summed E-state index contributed by atoms with van der Waals surface area (Å²) in [7, 11) is 0. The second-order valence-electron chi connectivity index (χ2n) is 9.35. The normalized spacial score (nSPS) is 25.9. The van der Waals surface area contributed by atoms with E-state index >= 15 is 0 Å². The van der Waals surface area contributed by atoms with Crippen molar-refractivity contribution < 1.29 is 9.53 Å². The molecule has 1 saturated heterocycles. The molecule has 1 saturated carbocycles. The third-order valence-corrected chi connectivity index (χ3v) is 6.14. The van der Waals surface area contributed by atoms with E-state index in [0.29, 0.717) is 36.1 Å². The number of hydrogen-bond acceptors (Lipinski definition) is 5. The van der Waals surface area contributed by atoms with Gasteiger partial charge in [-0.1, -0.05) is 30.3 Å². The molecule has 7 nitrogen and oxygen atoms in total. The summed E-state index contributed by atoms with van der Waals surface area (Å²) in [6.07, 6.45) is 2.21. The van der Waals surface area contributed by atoms with Gasteiger partial charge in [-0.2, -0.15) is 0 Å². The van der Waals surface area contributed by atoms with Crippen LogP contribution < -0.4 is 11.5 Å². The fourth-order valence-electron chi connectivity index (χ4n) is 4.26. The Bertz CT molecular complexity index is 834. The van der Waals surface area contributed by atoms with Gasteiger partial charge in [0.05, 0.1) is 12.1 Å². The lowest BCUT2D eigenvalue weighted by Crippen LogP contribution is -2.60. The number of carbonyl (C=O) groups excluding carboxylic acids is 1. The number of amidine groups is 1. The van der Waals surface area contributed by atoms with E-state index in [4.69, 9.17) is 16.2 Å². The van der Waals surface area contributed by atoms with Gasteiger partial charge in [-0.05, 0) is 67.4 Å². The minimum Gasteiger partial charge on any atom is -0.444 e. The van der Waals surface area contributed by atoms with Crippen molar-refractivity contribution in [3.63, 3.8) is 0 Å². The van der Waals surface area contributed by atoms with Crippen molar-refractivity contribution in [3.05, 3.63) is 46.7 Å². The van der Waals surface area contributed by atoms with E-state index in [1.165, 1.54) is 11.8 Å². The summed E-state index contributed by atoms with van der Waals surface area (Å²) in [5.41, 5.74) is 12.6. The highest BCUT2D eigenvalue weighted by Crippen LogP contribution is 2.51. The first kappa shape index (κ1) is 23.6. The second-order valence-corrected chi connectivity index (χ2v) is 10.2. The van der Waals surface area contributed by atoms with Gasteiger partial charge >= 0.3 is 6.09 Å². The number of halogens is 1. The van der Waals surface area contributed by atoms with Gasteiger partial charge < -0.3 is 26.0 Å². The van der Waals surface area contributed by atoms with Crippen LogP contribution in [0.25, 0.3) is 0 Å². The zero-order chi connectivity index (χ0) is 22.8. The maximum Gasteiger partial charge on any atom is 0.410 e. The summed E-state index contributed by atoms with van der Waals surface area (Å²) in [6, 6.07) is 10.3. The van der Waals surface area contributed by atoms with Crippen LogP contribution in [-0.2, 0) is 4.74 Å². The Balaban J connectivity index is 1.84. The molecule has 0 radical (unpaired) electrons. The van der Waals surface area contributed by atoms with Crippen LogP contribution in [0, 0.1) is 5.92 Å². The minimum absolute atomic E-state index is 0.0263. The Morgan fingerprint density at radius 2 is 1.97 bits per heavy atom. The zero-order valence-electron chi connectivity index (χ0n) is 18.8. The third kappa shape index (κ3) is 6.01. The molecule has 170 valence electrons. The van der Waals surface area contributed by atoms with Crippen LogP contribution in [0.4, 0.5) is 4.79 Å². The topological polar surface area (TPSA) is 97.2 Å². The molecular weight excluding hydrogens is 458 g/mol. The molecule has 4 atom stereocenters. The molecule has 0 spiro atoms. The van der Waals surface area contributed by atoms with Crippen LogP contribution in [0.3, 0.4) is 0 Å². The maximum atomic E-state index is 13.0. The largest absolute Gasteiger partial charge is 0.444 e. The molecule has 2 fully saturated rings. The molecule has 0 bridgehead atoms. The van der Waals surface area contributed by atoms with Gasteiger partial charge in [0.25, 0.3) is 0 Å². The van der Waals surface area contributed by atoms with E-state index in [0.717, 1.165) is 12.3 Å². The van der Waals surface area contributed by atoms with Crippen LogP contribution in [-0.4, -0.2) is 59.0 Å². The van der Waals surface area contributed by atoms with E-state index in [1.54, 1.807) is 0 Å². The number of rotatable bonds is 4. The van der Waals surface area contributed by atoms with E-state index < -0.39 is 5.60 Å². The quantitative estimate of drug-likeness (QED) is 0.380. The third-order valence-electron chi connectivity index (χ3n) is 5.70. The van der Waals surface area contributed by atoms with Crippen molar-refractivity contribution in [2.75, 3.05) is 19.6 Å². The van der Waals surface area contributed by atoms with Crippen molar-refractivity contribution in [3.8, 4) is 0 Å². The molecule has 2 aliphatic rings. The van der Waals surface area contributed by atoms with Crippen LogP contribution >= 0.6 is 15.9 Å². The lowest BCUT2D eigenvalue weighted by atomic mass is 10.0. The molecule has 31 heavy (non-hydrogen) atoms. The number of benzene rings is 1. The molecule has 1 aromatic carbocycles. The van der Waals surface area contributed by atoms with Crippen LogP contribution in [0.2, 0.25) is 0 Å². The average Bonchev–Trinajstić information content (AvgIpc) is 3.51. The molecule has 4 N–H and O–H groups in total. The lowest BCUT2D eigenvalue weighted by molar-refractivity contribution is 0.00153. The summed E-state index contributed by atoms with van der Waals surface area (Å²) in [5.74, 6) is 1.59. The first-order valence-electron chi connectivity index (χ1n) is 10.8. The Kier molecular flexibility index (Phi) is 7.31. The molecule has 1 aromatic rings. The second kappa shape index (κ2) is 9.61. The summed E-state index contributed by atoms with van der Waals surface area (Å²) < 4.78 is 6.27. The van der Waals surface area contributed by atoms with E-state index in [1.807, 2.05) is 38.7 Å². The smallest absolute Gasteiger partial charge is 0.410 e. The predicted molar refractivity (Wildman–Crippen MR) is 128 cm³/mol. The van der Waals surface area contributed by atoms with Crippen molar-refractivity contribution in [2.45, 2.75) is 57.7 Å². The van der Waals surface area contributed by atoms with Crippen molar-refractivity contribution >= 4 is 27.9 Å². The summed E-state index contributed by atoms with van der Waals surface area (Å²) in [6.45, 7) is 9.48. The monoisotopic (exact) mass is 491 g/mol. The molecule has 2 unspecified atom stereocenters. The van der Waals surface area contributed by atoms with Crippen molar-refractivity contribution in [1.29, 1.82) is 0 Å². The Labute approximate surface area is 193 Å². The minimum atomic E-state index is -0.531. The van der Waals surface area contributed by atoms with Gasteiger partial charge in [0.1, 0.15) is 16.0 Å². The molecular formula is C23H34BrN5O2. The van der Waals surface area contributed by atoms with Gasteiger partial charge in [-0.15, -0.1) is 0 Å². The SMILES string of the molecule is CC(N)/C(=N\C(Br)=C/N)N1CCN(C(=O)OC(C)(C)C)C([C@@H]2C[C@@H]2c2ccccc2)C1. The van der Waals surface area contributed by atoms with Crippen LogP contribution in [0.15, 0.2) is 46.1 Å². The Hall–Kier alpha value is -2.06. The van der Waals surface area contributed by atoms with Crippen LogP contribution in [0.5, 0.6) is 0 Å². The molecule has 8 heteroatoms. The number of nitrogens with zero attached hydrogens (tertiary/aromatic N) is 3. The fourth-order valence-corrected chi connectivity index (χ4v) is 4.44. The van der Waals surface area contributed by atoms with Gasteiger partial charge in [0.2, 0.25) is 0 Å². The standard InChI is InChI=1S/C23H34BrN5O2/c1-15(26)21(27-20(24)13-25)28-10-11-29(22(30)31-23(2,3)4)19(14-28)18-12-17(18)16-8-6-5-7-9-16/h5-9,13,15,17-19H,10-12,14,25-26H2,1-4H3/b20-13-,27-21+/t15?,17-,18-,19?/m1/s1. The highest BCUT2D eigenvalue weighted by Gasteiger charge is 2.50. The maximum absolute atomic E-state index is 13.0. The number of nitrogens with two attached hydrogens (primary N) is 2. The summed E-state index contributed by atoms with van der Waals surface area (Å²) >= 11 is 3.36. The van der Waals surface area contributed by atoms with Crippen molar-refractivity contribution in [1.82, 2.24) is 9.80 Å². The molecule has 1 amide bonds. The van der Waals surface area contributed by atoms with Crippen molar-refractivity contribution in [2.24, 2.45) is 22.4 Å². The summed E-state index contributed by atoms with van der Waals surface area (Å²) in [4.78, 5) is 21.7. The summed E-state index contributed by atoms with van der Waals surface area (Å²) in [5, 5.41) is 0. The van der Waals surface area contributed by atoms with Gasteiger partial charge in [0.15, 0.2) is 0 Å². The number of ether oxygens (including phenoxy) is 1. The van der Waals surface area contributed by atoms with Gasteiger partial charge in [0, 0.05) is 25.8 Å². The molecule has 3 rings (SSSR count). The predicted octanol–water partition coefficient (Wildman–Crippen LogP) is 3.61. The van der Waals surface area contributed by atoms with E-state index in [9.17, 15) is 4.79 Å². The van der Waals surface area contributed by atoms with Gasteiger partial charge in [-0.3, -0.25) is 0 Å². The van der Waals surface area contributed by atoms with E-state index in [-0.39, 0.29) is 18.2 Å². The number of hydrogen-bond donors (Lipinski definition) is 2. The zero-order valence-corrected chi connectivity index (χ0v) is 20.4. The fraction of sp³-hybridized carbons (Fsp3) is 0.565. The molecule has 1 heterocycles. The lowest BCUT2D eigenvalue weighted by Gasteiger charge is -2.44. The highest BCUT2D eigenvalue weighted by molar-refractivity contribution is 9.11. The number of piperazine rings is 1. The first-order valence-corrected chi connectivity index (χ1v) is 11.6. The van der Waals surface area contributed by atoms with Gasteiger partial charge in [-0.25, -0.2) is 9.79 Å². The molecule has 1 aliphatic carbocycles. The molecule has 0 aromatic heterocycles. The Morgan fingerprint density at radius 3 is 2.55 bits per heavy atom. The highest BCUT2D eigenvalue weighted by atomic mass is 79.9. The number of carbonyl (C=O) groups is 1. The number of amides is 1. The average molecular weight is 492 g/mol. The Morgan fingerprint density at radius 1 is 1.29 bits per heavy atom.